The Morgan fingerprint density at radius 2 is 2.20 bits per heavy atom. The molecular formula is C18H24N4O2S. The van der Waals surface area contributed by atoms with Gasteiger partial charge in [-0.2, -0.15) is 0 Å². The van der Waals surface area contributed by atoms with Crippen molar-refractivity contribution in [1.82, 2.24) is 15.2 Å². The maximum absolute atomic E-state index is 12.5. The second-order valence-corrected chi connectivity index (χ2v) is 6.87. The molecule has 25 heavy (non-hydrogen) atoms. The van der Waals surface area contributed by atoms with Crippen molar-refractivity contribution in [2.75, 3.05) is 37.7 Å². The van der Waals surface area contributed by atoms with Crippen LogP contribution in [0.5, 0.6) is 0 Å². The van der Waals surface area contributed by atoms with E-state index in [0.29, 0.717) is 32.8 Å². The summed E-state index contributed by atoms with van der Waals surface area (Å²) in [5, 5.41) is 5.07. The molecule has 1 aliphatic rings. The number of nitrogens with one attached hydrogen (secondary N) is 1. The normalized spacial score (nSPS) is 14.4. The number of pyridine rings is 1. The molecule has 0 spiro atoms. The Kier molecular flexibility index (Phi) is 6.25. The minimum atomic E-state index is -0.0484. The van der Waals surface area contributed by atoms with Crippen LogP contribution in [0.15, 0.2) is 35.8 Å². The number of carbonyl (C=O) groups is 1. The molecule has 1 aliphatic heterocycles. The van der Waals surface area contributed by atoms with Gasteiger partial charge in [-0.1, -0.05) is 12.1 Å². The van der Waals surface area contributed by atoms with E-state index < -0.39 is 0 Å². The summed E-state index contributed by atoms with van der Waals surface area (Å²) in [6.07, 6.45) is 1.80. The highest BCUT2D eigenvalue weighted by Gasteiger charge is 2.17. The van der Waals surface area contributed by atoms with Gasteiger partial charge in [0.1, 0.15) is 5.82 Å². The van der Waals surface area contributed by atoms with Crippen LogP contribution < -0.4 is 10.2 Å². The van der Waals surface area contributed by atoms with Crippen LogP contribution >= 0.6 is 11.3 Å². The summed E-state index contributed by atoms with van der Waals surface area (Å²) >= 11 is 1.67. The Hall–Kier alpha value is -2.12. The first-order valence-corrected chi connectivity index (χ1v) is 9.47. The van der Waals surface area contributed by atoms with E-state index in [-0.39, 0.29) is 6.03 Å². The number of hydrogen-bond acceptors (Lipinski definition) is 5. The first kappa shape index (κ1) is 17.7. The first-order chi connectivity index (χ1) is 12.3. The third-order valence-electron chi connectivity index (χ3n) is 4.20. The zero-order valence-electron chi connectivity index (χ0n) is 14.5. The molecule has 6 nitrogen and oxygen atoms in total. The molecule has 0 bridgehead atoms. The van der Waals surface area contributed by atoms with E-state index in [1.54, 1.807) is 17.5 Å². The molecule has 1 saturated heterocycles. The zero-order chi connectivity index (χ0) is 17.5. The van der Waals surface area contributed by atoms with Crippen molar-refractivity contribution < 1.29 is 9.53 Å². The quantitative estimate of drug-likeness (QED) is 0.861. The second kappa shape index (κ2) is 8.82. The highest BCUT2D eigenvalue weighted by atomic mass is 32.1. The van der Waals surface area contributed by atoms with E-state index in [2.05, 4.69) is 21.3 Å². The number of aromatic nitrogens is 1. The highest BCUT2D eigenvalue weighted by Crippen LogP contribution is 2.18. The lowest BCUT2D eigenvalue weighted by Gasteiger charge is -2.29. The molecule has 0 aliphatic carbocycles. The van der Waals surface area contributed by atoms with Crippen LogP contribution in [0.1, 0.15) is 17.4 Å². The van der Waals surface area contributed by atoms with E-state index in [1.807, 2.05) is 35.4 Å². The van der Waals surface area contributed by atoms with E-state index in [4.69, 9.17) is 4.74 Å². The summed E-state index contributed by atoms with van der Waals surface area (Å²) < 4.78 is 5.41. The third-order valence-corrected chi connectivity index (χ3v) is 5.07. The van der Waals surface area contributed by atoms with Crippen LogP contribution in [0.3, 0.4) is 0 Å². The zero-order valence-corrected chi connectivity index (χ0v) is 15.3. The lowest BCUT2D eigenvalue weighted by molar-refractivity contribution is 0.122. The topological polar surface area (TPSA) is 57.7 Å². The number of ether oxygens (including phenoxy) is 1. The Balaban J connectivity index is 1.61. The Bertz CT molecular complexity index is 671. The van der Waals surface area contributed by atoms with Crippen molar-refractivity contribution in [2.24, 2.45) is 0 Å². The van der Waals surface area contributed by atoms with Gasteiger partial charge in [0.25, 0.3) is 0 Å². The number of urea groups is 1. The summed E-state index contributed by atoms with van der Waals surface area (Å²) in [7, 11) is 0. The standard InChI is InChI=1S/C18H24N4O2S/c1-2-21(14-16-6-4-12-25-16)18(23)20-13-15-5-3-7-19-17(15)22-8-10-24-11-9-22/h3-7,12H,2,8-11,13-14H2,1H3,(H,20,23). The molecule has 3 rings (SSSR count). The fraction of sp³-hybridized carbons (Fsp3) is 0.444. The highest BCUT2D eigenvalue weighted by molar-refractivity contribution is 7.09. The SMILES string of the molecule is CCN(Cc1cccs1)C(=O)NCc1cccnc1N1CCOCC1. The van der Waals surface area contributed by atoms with E-state index in [9.17, 15) is 4.79 Å². The number of nitrogens with zero attached hydrogens (tertiary/aromatic N) is 3. The smallest absolute Gasteiger partial charge is 0.317 e. The molecule has 0 radical (unpaired) electrons. The summed E-state index contributed by atoms with van der Waals surface area (Å²) in [6, 6.07) is 7.95. The van der Waals surface area contributed by atoms with Crippen molar-refractivity contribution in [1.29, 1.82) is 0 Å². The summed E-state index contributed by atoms with van der Waals surface area (Å²) in [6.45, 7) is 6.88. The van der Waals surface area contributed by atoms with Gasteiger partial charge >= 0.3 is 6.03 Å². The first-order valence-electron chi connectivity index (χ1n) is 8.59. The number of amides is 2. The number of carbonyl (C=O) groups excluding carboxylic acids is 1. The number of rotatable bonds is 6. The molecule has 2 aromatic rings. The lowest BCUT2D eigenvalue weighted by atomic mass is 10.2. The number of anilines is 1. The molecule has 0 saturated carbocycles. The van der Waals surface area contributed by atoms with Crippen LogP contribution in [-0.2, 0) is 17.8 Å². The van der Waals surface area contributed by atoms with Crippen LogP contribution in [-0.4, -0.2) is 48.8 Å². The van der Waals surface area contributed by atoms with Crippen molar-refractivity contribution in [2.45, 2.75) is 20.0 Å². The van der Waals surface area contributed by atoms with Gasteiger partial charge in [-0.05, 0) is 24.4 Å². The molecule has 2 aromatic heterocycles. The van der Waals surface area contributed by atoms with Crippen LogP contribution in [0.4, 0.5) is 10.6 Å². The molecule has 134 valence electrons. The Morgan fingerprint density at radius 3 is 2.92 bits per heavy atom. The molecule has 1 fully saturated rings. The third kappa shape index (κ3) is 4.70. The van der Waals surface area contributed by atoms with Crippen molar-refractivity contribution >= 4 is 23.2 Å². The number of thiophene rings is 1. The molecule has 1 N–H and O–H groups in total. The summed E-state index contributed by atoms with van der Waals surface area (Å²) in [4.78, 5) is 22.3. The van der Waals surface area contributed by atoms with Gasteiger partial charge in [0, 0.05) is 42.8 Å². The van der Waals surface area contributed by atoms with Gasteiger partial charge in [0.2, 0.25) is 0 Å². The monoisotopic (exact) mass is 360 g/mol. The fourth-order valence-electron chi connectivity index (χ4n) is 2.83. The molecule has 0 unspecified atom stereocenters. The lowest BCUT2D eigenvalue weighted by Crippen LogP contribution is -2.40. The molecule has 0 aromatic carbocycles. The average molecular weight is 360 g/mol. The maximum atomic E-state index is 12.5. The van der Waals surface area contributed by atoms with E-state index >= 15 is 0 Å². The van der Waals surface area contributed by atoms with Crippen LogP contribution in [0.25, 0.3) is 0 Å². The molecule has 3 heterocycles. The molecular weight excluding hydrogens is 336 g/mol. The van der Waals surface area contributed by atoms with Gasteiger partial charge in [0.05, 0.1) is 19.8 Å². The van der Waals surface area contributed by atoms with Gasteiger partial charge in [-0.3, -0.25) is 0 Å². The van der Waals surface area contributed by atoms with Gasteiger partial charge in [-0.25, -0.2) is 9.78 Å². The minimum absolute atomic E-state index is 0.0484. The van der Waals surface area contributed by atoms with Gasteiger partial charge in [0.15, 0.2) is 0 Å². The Labute approximate surface area is 152 Å². The van der Waals surface area contributed by atoms with Crippen LogP contribution in [0.2, 0.25) is 0 Å². The Morgan fingerprint density at radius 1 is 1.36 bits per heavy atom. The molecule has 0 atom stereocenters. The van der Waals surface area contributed by atoms with Gasteiger partial charge < -0.3 is 19.9 Å². The van der Waals surface area contributed by atoms with Crippen LogP contribution in [0, 0.1) is 0 Å². The van der Waals surface area contributed by atoms with E-state index in [0.717, 1.165) is 24.5 Å². The van der Waals surface area contributed by atoms with Gasteiger partial charge in [-0.15, -0.1) is 11.3 Å². The van der Waals surface area contributed by atoms with E-state index in [1.165, 1.54) is 4.88 Å². The fourth-order valence-corrected chi connectivity index (χ4v) is 3.55. The predicted octanol–water partition coefficient (Wildman–Crippen LogP) is 2.71. The van der Waals surface area contributed by atoms with Crippen molar-refractivity contribution in [3.05, 3.63) is 46.3 Å². The molecule has 7 heteroatoms. The largest absolute Gasteiger partial charge is 0.378 e. The van der Waals surface area contributed by atoms with Crippen molar-refractivity contribution in [3.63, 3.8) is 0 Å². The average Bonchev–Trinajstić information content (AvgIpc) is 3.18. The predicted molar refractivity (Wildman–Crippen MR) is 99.9 cm³/mol. The minimum Gasteiger partial charge on any atom is -0.378 e. The van der Waals surface area contributed by atoms with Crippen molar-refractivity contribution in [3.8, 4) is 0 Å². The maximum Gasteiger partial charge on any atom is 0.317 e. The summed E-state index contributed by atoms with van der Waals surface area (Å²) in [5.41, 5.74) is 1.03. The second-order valence-electron chi connectivity index (χ2n) is 5.84. The summed E-state index contributed by atoms with van der Waals surface area (Å²) in [5.74, 6) is 0.937. The molecule has 2 amide bonds. The number of morpholine rings is 1. The number of hydrogen-bond donors (Lipinski definition) is 1.